The molecular formula is C24H23N5O4. The van der Waals surface area contributed by atoms with E-state index in [-0.39, 0.29) is 22.9 Å². The topological polar surface area (TPSA) is 123 Å². The van der Waals surface area contributed by atoms with Gasteiger partial charge in [-0.1, -0.05) is 44.2 Å². The highest BCUT2D eigenvalue weighted by atomic mass is 16.6. The molecule has 0 saturated heterocycles. The van der Waals surface area contributed by atoms with Crippen molar-refractivity contribution in [1.82, 2.24) is 9.36 Å². The molecule has 1 amide bonds. The van der Waals surface area contributed by atoms with Crippen LogP contribution < -0.4 is 10.9 Å². The van der Waals surface area contributed by atoms with Gasteiger partial charge in [-0.25, -0.2) is 4.68 Å². The Bertz CT molecular complexity index is 1360. The fourth-order valence-electron chi connectivity index (χ4n) is 3.51. The van der Waals surface area contributed by atoms with Gasteiger partial charge in [0.2, 0.25) is 0 Å². The first-order valence-electron chi connectivity index (χ1n) is 10.2. The summed E-state index contributed by atoms with van der Waals surface area (Å²) in [5, 5.41) is 23.5. The predicted octanol–water partition coefficient (Wildman–Crippen LogP) is 4.06. The van der Waals surface area contributed by atoms with Gasteiger partial charge in [0.1, 0.15) is 17.3 Å². The van der Waals surface area contributed by atoms with Gasteiger partial charge in [0.05, 0.1) is 16.3 Å². The van der Waals surface area contributed by atoms with Gasteiger partial charge in [0.15, 0.2) is 0 Å². The van der Waals surface area contributed by atoms with Gasteiger partial charge in [-0.05, 0) is 36.6 Å². The number of benzene rings is 2. The van der Waals surface area contributed by atoms with Crippen molar-refractivity contribution in [2.45, 2.75) is 26.7 Å². The molecule has 0 radical (unpaired) electrons. The first-order chi connectivity index (χ1) is 15.6. The molecule has 3 rings (SSSR count). The Morgan fingerprint density at radius 2 is 1.88 bits per heavy atom. The Kier molecular flexibility index (Phi) is 6.59. The number of nitro benzene ring substituents is 1. The third-order valence-corrected chi connectivity index (χ3v) is 5.34. The van der Waals surface area contributed by atoms with Gasteiger partial charge in [0.25, 0.3) is 17.2 Å². The monoisotopic (exact) mass is 445 g/mol. The lowest BCUT2D eigenvalue weighted by molar-refractivity contribution is -0.385. The number of hydrogen-bond acceptors (Lipinski definition) is 5. The van der Waals surface area contributed by atoms with E-state index >= 15 is 0 Å². The number of nitrogens with zero attached hydrogens (tertiary/aromatic N) is 4. The van der Waals surface area contributed by atoms with Crippen LogP contribution in [0.25, 0.3) is 11.8 Å². The molecule has 2 aromatic carbocycles. The number of rotatable bonds is 6. The Morgan fingerprint density at radius 1 is 1.21 bits per heavy atom. The van der Waals surface area contributed by atoms with E-state index in [9.17, 15) is 25.0 Å². The highest BCUT2D eigenvalue weighted by molar-refractivity contribution is 6.09. The molecule has 0 aliphatic rings. The number of nitro groups is 1. The minimum Gasteiger partial charge on any atom is -0.315 e. The van der Waals surface area contributed by atoms with Crippen LogP contribution in [0.15, 0.2) is 58.9 Å². The Labute approximate surface area is 190 Å². The third kappa shape index (κ3) is 4.60. The van der Waals surface area contributed by atoms with Gasteiger partial charge in [-0.3, -0.25) is 24.4 Å². The van der Waals surface area contributed by atoms with Gasteiger partial charge in [0, 0.05) is 18.7 Å². The molecule has 9 heteroatoms. The van der Waals surface area contributed by atoms with E-state index in [2.05, 4.69) is 5.32 Å². The molecule has 1 heterocycles. The maximum atomic E-state index is 13.0. The second kappa shape index (κ2) is 9.36. The lowest BCUT2D eigenvalue weighted by Crippen LogP contribution is -2.23. The molecule has 0 unspecified atom stereocenters. The molecule has 0 saturated carbocycles. The van der Waals surface area contributed by atoms with E-state index in [4.69, 9.17) is 0 Å². The summed E-state index contributed by atoms with van der Waals surface area (Å²) in [5.74, 6) is -0.839. The molecule has 168 valence electrons. The molecule has 0 aliphatic carbocycles. The van der Waals surface area contributed by atoms with Crippen LogP contribution in [0.3, 0.4) is 0 Å². The number of carbonyl (C=O) groups is 1. The number of nitrogens with one attached hydrogen (secondary N) is 1. The Hall–Kier alpha value is -4.45. The van der Waals surface area contributed by atoms with Crippen molar-refractivity contribution in [1.29, 1.82) is 5.26 Å². The highest BCUT2D eigenvalue weighted by Gasteiger charge is 2.21. The van der Waals surface area contributed by atoms with Crippen molar-refractivity contribution in [3.05, 3.63) is 91.4 Å². The summed E-state index contributed by atoms with van der Waals surface area (Å²) in [6.45, 7) is 5.37. The fourth-order valence-corrected chi connectivity index (χ4v) is 3.51. The predicted molar refractivity (Wildman–Crippen MR) is 125 cm³/mol. The number of hydrogen-bond donors (Lipinski definition) is 1. The van der Waals surface area contributed by atoms with Crippen LogP contribution in [0.4, 0.5) is 11.4 Å². The van der Waals surface area contributed by atoms with Crippen molar-refractivity contribution in [3.8, 4) is 11.8 Å². The maximum absolute atomic E-state index is 13.0. The van der Waals surface area contributed by atoms with E-state index in [1.165, 1.54) is 16.8 Å². The zero-order valence-corrected chi connectivity index (χ0v) is 18.7. The Balaban J connectivity index is 1.97. The molecule has 33 heavy (non-hydrogen) atoms. The summed E-state index contributed by atoms with van der Waals surface area (Å²) >= 11 is 0. The highest BCUT2D eigenvalue weighted by Crippen LogP contribution is 2.28. The maximum Gasteiger partial charge on any atom is 0.295 e. The molecule has 3 aromatic rings. The molecule has 1 aromatic heterocycles. The van der Waals surface area contributed by atoms with Gasteiger partial charge in [-0.2, -0.15) is 5.26 Å². The van der Waals surface area contributed by atoms with Crippen LogP contribution in [0, 0.1) is 28.4 Å². The van der Waals surface area contributed by atoms with Crippen molar-refractivity contribution in [3.63, 3.8) is 0 Å². The normalized spacial score (nSPS) is 11.3. The number of aromatic nitrogens is 2. The minimum absolute atomic E-state index is 0.0497. The van der Waals surface area contributed by atoms with Crippen LogP contribution >= 0.6 is 0 Å². The molecule has 1 N–H and O–H groups in total. The average Bonchev–Trinajstić information content (AvgIpc) is 3.00. The summed E-state index contributed by atoms with van der Waals surface area (Å²) in [6.07, 6.45) is 1.26. The lowest BCUT2D eigenvalue weighted by Gasteiger charge is -2.07. The quantitative estimate of drug-likeness (QED) is 0.265. The van der Waals surface area contributed by atoms with Crippen LogP contribution in [-0.2, 0) is 11.8 Å². The van der Waals surface area contributed by atoms with Crippen LogP contribution in [0.1, 0.15) is 36.6 Å². The number of carbonyl (C=O) groups excluding carboxylic acids is 1. The van der Waals surface area contributed by atoms with E-state index in [0.29, 0.717) is 22.5 Å². The number of amides is 1. The number of para-hydroxylation sites is 1. The SMILES string of the molecule is Cc1c(NC(=O)/C(C#N)=C/c2ccc(C(C)C)c([N+](=O)[O-])c2)c(=O)n(-c2ccccc2)n1C. The smallest absolute Gasteiger partial charge is 0.295 e. The van der Waals surface area contributed by atoms with Crippen molar-refractivity contribution >= 4 is 23.4 Å². The summed E-state index contributed by atoms with van der Waals surface area (Å²) in [4.78, 5) is 36.7. The standard InChI is InChI=1S/C24H23N5O4/c1-15(2)20-11-10-17(13-21(20)29(32)33)12-18(14-25)23(30)26-22-16(3)27(4)28(24(22)31)19-8-6-5-7-9-19/h5-13,15H,1-4H3,(H,26,30)/b18-12+. The number of anilines is 1. The summed E-state index contributed by atoms with van der Waals surface area (Å²) in [5.41, 5.74) is 1.27. The van der Waals surface area contributed by atoms with Crippen LogP contribution in [-0.4, -0.2) is 20.2 Å². The van der Waals surface area contributed by atoms with Crippen LogP contribution in [0.5, 0.6) is 0 Å². The van der Waals surface area contributed by atoms with E-state index in [1.54, 1.807) is 55.1 Å². The van der Waals surface area contributed by atoms with Crippen molar-refractivity contribution < 1.29 is 9.72 Å². The van der Waals surface area contributed by atoms with Crippen molar-refractivity contribution in [2.24, 2.45) is 7.05 Å². The molecule has 0 aliphatic heterocycles. The summed E-state index contributed by atoms with van der Waals surface area (Å²) < 4.78 is 3.02. The van der Waals surface area contributed by atoms with E-state index in [0.717, 1.165) is 0 Å². The fraction of sp³-hybridized carbons (Fsp3) is 0.208. The summed E-state index contributed by atoms with van der Waals surface area (Å²) in [7, 11) is 1.69. The average molecular weight is 445 g/mol. The lowest BCUT2D eigenvalue weighted by atomic mass is 9.98. The first kappa shape index (κ1) is 23.2. The van der Waals surface area contributed by atoms with E-state index in [1.807, 2.05) is 26.0 Å². The second-order valence-electron chi connectivity index (χ2n) is 7.79. The Morgan fingerprint density at radius 3 is 2.45 bits per heavy atom. The number of nitriles is 1. The van der Waals surface area contributed by atoms with Gasteiger partial charge >= 0.3 is 0 Å². The third-order valence-electron chi connectivity index (χ3n) is 5.34. The molecule has 0 atom stereocenters. The minimum atomic E-state index is -0.779. The second-order valence-corrected chi connectivity index (χ2v) is 7.79. The van der Waals surface area contributed by atoms with Crippen molar-refractivity contribution in [2.75, 3.05) is 5.32 Å². The molecule has 0 fully saturated rings. The molecule has 0 spiro atoms. The molecule has 0 bridgehead atoms. The largest absolute Gasteiger partial charge is 0.315 e. The van der Waals surface area contributed by atoms with Gasteiger partial charge in [-0.15, -0.1) is 0 Å². The zero-order valence-electron chi connectivity index (χ0n) is 18.7. The zero-order chi connectivity index (χ0) is 24.3. The first-order valence-corrected chi connectivity index (χ1v) is 10.2. The van der Waals surface area contributed by atoms with E-state index < -0.39 is 16.4 Å². The van der Waals surface area contributed by atoms with Crippen LogP contribution in [0.2, 0.25) is 0 Å². The summed E-state index contributed by atoms with van der Waals surface area (Å²) in [6, 6.07) is 15.3. The molecule has 9 nitrogen and oxygen atoms in total. The molecular weight excluding hydrogens is 422 g/mol. The van der Waals surface area contributed by atoms with Gasteiger partial charge < -0.3 is 5.32 Å².